The maximum absolute atomic E-state index is 14.5. The molecule has 0 radical (unpaired) electrons. The van der Waals surface area contributed by atoms with Crippen LogP contribution < -0.4 is 25.1 Å². The monoisotopic (exact) mass is 636 g/mol. The number of aliphatic imine (C=N–C) groups is 1. The number of azide groups is 1. The summed E-state index contributed by atoms with van der Waals surface area (Å²) in [6.45, 7) is 0.691. The molecule has 0 unspecified atom stereocenters. The molecule has 0 aliphatic carbocycles. The summed E-state index contributed by atoms with van der Waals surface area (Å²) >= 11 is 0. The lowest BCUT2D eigenvalue weighted by molar-refractivity contribution is -0.130. The van der Waals surface area contributed by atoms with Gasteiger partial charge in [0, 0.05) is 47.7 Å². The minimum atomic E-state index is -1.56. The summed E-state index contributed by atoms with van der Waals surface area (Å²) in [6.07, 6.45) is -0.349. The summed E-state index contributed by atoms with van der Waals surface area (Å²) in [4.78, 5) is 22.6. The first-order valence-electron chi connectivity index (χ1n) is 15.0. The second-order valence-corrected chi connectivity index (χ2v) is 10.7. The van der Waals surface area contributed by atoms with Gasteiger partial charge < -0.3 is 24.1 Å². The third-order valence-corrected chi connectivity index (χ3v) is 7.70. The van der Waals surface area contributed by atoms with Crippen LogP contribution in [-0.4, -0.2) is 49.9 Å². The maximum Gasteiger partial charge on any atom is 0.266 e. The van der Waals surface area contributed by atoms with Gasteiger partial charge >= 0.3 is 0 Å². The summed E-state index contributed by atoms with van der Waals surface area (Å²) in [5.74, 6) is 1.67. The molecule has 4 aromatic rings. The number of nitrogens with one attached hydrogen (secondary N) is 2. The van der Waals surface area contributed by atoms with Crippen molar-refractivity contribution in [2.75, 3.05) is 27.4 Å². The fraction of sp³-hybridized carbons (Fsp3) is 0.257. The smallest absolute Gasteiger partial charge is 0.266 e. The molecule has 1 aliphatic rings. The highest BCUT2D eigenvalue weighted by atomic mass is 16.5. The van der Waals surface area contributed by atoms with Crippen molar-refractivity contribution < 1.29 is 28.8 Å². The number of aliphatic hydroxyl groups excluding tert-OH is 1. The maximum atomic E-state index is 14.5. The molecule has 47 heavy (non-hydrogen) atoms. The summed E-state index contributed by atoms with van der Waals surface area (Å²) in [6, 6.07) is 29.0. The number of methoxy groups -OCH3 is 2. The van der Waals surface area contributed by atoms with Crippen LogP contribution in [0, 0.1) is 0 Å². The molecule has 0 spiro atoms. The van der Waals surface area contributed by atoms with Gasteiger partial charge in [0.25, 0.3) is 5.91 Å². The second kappa shape index (κ2) is 15.6. The number of hydrogen-bond donors (Lipinski definition) is 3. The highest BCUT2D eigenvalue weighted by molar-refractivity contribution is 6.01. The van der Waals surface area contributed by atoms with Crippen molar-refractivity contribution >= 4 is 17.5 Å². The molecule has 2 atom stereocenters. The van der Waals surface area contributed by atoms with Crippen LogP contribution in [0.5, 0.6) is 17.2 Å². The lowest BCUT2D eigenvalue weighted by Crippen LogP contribution is -2.53. The van der Waals surface area contributed by atoms with Crippen molar-refractivity contribution in [3.8, 4) is 17.2 Å². The third kappa shape index (κ3) is 7.64. The molecule has 1 aliphatic heterocycles. The summed E-state index contributed by atoms with van der Waals surface area (Å²) in [5.41, 5.74) is 16.8. The van der Waals surface area contributed by atoms with Crippen LogP contribution >= 0.6 is 0 Å². The average Bonchev–Trinajstić information content (AvgIpc) is 3.50. The first-order valence-corrected chi connectivity index (χ1v) is 15.0. The Hall–Kier alpha value is -5.55. The van der Waals surface area contributed by atoms with E-state index in [1.807, 2.05) is 54.6 Å². The van der Waals surface area contributed by atoms with E-state index in [-0.39, 0.29) is 25.5 Å². The van der Waals surface area contributed by atoms with Crippen molar-refractivity contribution in [1.82, 2.24) is 10.9 Å². The number of ether oxygens (including phenoxy) is 4. The van der Waals surface area contributed by atoms with Gasteiger partial charge in [0.1, 0.15) is 17.2 Å². The highest BCUT2D eigenvalue weighted by Gasteiger charge is 2.53. The fourth-order valence-corrected chi connectivity index (χ4v) is 5.36. The molecule has 0 bridgehead atoms. The summed E-state index contributed by atoms with van der Waals surface area (Å²) in [5, 5.41) is 13.0. The number of hydrogen-bond acceptors (Lipinski definition) is 9. The number of carbonyl (C=O) groups is 1. The van der Waals surface area contributed by atoms with Crippen LogP contribution in [-0.2, 0) is 22.5 Å². The molecule has 4 aromatic carbocycles. The highest BCUT2D eigenvalue weighted by Crippen LogP contribution is 2.44. The standard InChI is InChI=1S/C35H36N6O6/c1-44-29-12-7-11-25(21-29)32-35(22-26-9-3-5-13-30(26)39-41-36,34(43)40-37-23-27-10-4-6-14-31(27)45-2)38-33(47-32)24-15-17-28(18-16-24)46-20-8-19-42/h3-7,9-18,21,32,37,42H,8,19-20,22-23H2,1-2H3,(H,40,43)/t32-,35-/m0/s1. The Kier molecular flexibility index (Phi) is 10.9. The Morgan fingerprint density at radius 2 is 1.74 bits per heavy atom. The molecule has 242 valence electrons. The number of carbonyl (C=O) groups excluding carboxylic acids is 1. The van der Waals surface area contributed by atoms with E-state index in [0.29, 0.717) is 52.7 Å². The van der Waals surface area contributed by atoms with Gasteiger partial charge in [0.05, 0.1) is 20.8 Å². The van der Waals surface area contributed by atoms with E-state index in [2.05, 4.69) is 20.9 Å². The Morgan fingerprint density at radius 1 is 0.979 bits per heavy atom. The van der Waals surface area contributed by atoms with Crippen LogP contribution in [0.2, 0.25) is 0 Å². The van der Waals surface area contributed by atoms with E-state index in [1.165, 1.54) is 0 Å². The largest absolute Gasteiger partial charge is 0.497 e. The van der Waals surface area contributed by atoms with Gasteiger partial charge in [-0.05, 0) is 59.1 Å². The molecule has 3 N–H and O–H groups in total. The summed E-state index contributed by atoms with van der Waals surface area (Å²) < 4.78 is 23.3. The van der Waals surface area contributed by atoms with Crippen LogP contribution in [0.3, 0.4) is 0 Å². The Morgan fingerprint density at radius 3 is 2.49 bits per heavy atom. The van der Waals surface area contributed by atoms with E-state index in [4.69, 9.17) is 29.0 Å². The third-order valence-electron chi connectivity index (χ3n) is 7.70. The van der Waals surface area contributed by atoms with Gasteiger partial charge in [0.15, 0.2) is 11.6 Å². The normalized spacial score (nSPS) is 16.7. The van der Waals surface area contributed by atoms with Crippen molar-refractivity contribution in [1.29, 1.82) is 0 Å². The van der Waals surface area contributed by atoms with E-state index in [1.54, 1.807) is 56.7 Å². The molecular weight excluding hydrogens is 600 g/mol. The Labute approximate surface area is 272 Å². The van der Waals surface area contributed by atoms with Gasteiger partial charge in [-0.15, -0.1) is 0 Å². The van der Waals surface area contributed by atoms with E-state index >= 15 is 0 Å². The van der Waals surface area contributed by atoms with Crippen LogP contribution in [0.1, 0.15) is 34.8 Å². The Balaban J connectivity index is 1.57. The predicted molar refractivity (Wildman–Crippen MR) is 177 cm³/mol. The number of nitrogens with zero attached hydrogens (tertiary/aromatic N) is 4. The lowest BCUT2D eigenvalue weighted by atomic mass is 9.81. The van der Waals surface area contributed by atoms with Crippen LogP contribution in [0.4, 0.5) is 5.69 Å². The number of hydrazine groups is 1. The molecule has 0 fully saturated rings. The van der Waals surface area contributed by atoms with Gasteiger partial charge in [-0.25, -0.2) is 10.4 Å². The van der Waals surface area contributed by atoms with Crippen molar-refractivity contribution in [3.63, 3.8) is 0 Å². The average molecular weight is 637 g/mol. The minimum Gasteiger partial charge on any atom is -0.497 e. The molecule has 5 rings (SSSR count). The first kappa shape index (κ1) is 32.8. The molecule has 1 amide bonds. The molecule has 0 aromatic heterocycles. The van der Waals surface area contributed by atoms with Crippen LogP contribution in [0.15, 0.2) is 107 Å². The quantitative estimate of drug-likeness (QED) is 0.0494. The molecule has 12 nitrogen and oxygen atoms in total. The van der Waals surface area contributed by atoms with Crippen molar-refractivity contribution in [3.05, 3.63) is 130 Å². The number of benzene rings is 4. The van der Waals surface area contributed by atoms with Crippen LogP contribution in [0.25, 0.3) is 10.4 Å². The first-order chi connectivity index (χ1) is 23.0. The number of amides is 1. The molecular formula is C35H36N6O6. The second-order valence-electron chi connectivity index (χ2n) is 10.7. The summed E-state index contributed by atoms with van der Waals surface area (Å²) in [7, 11) is 3.16. The molecule has 1 heterocycles. The van der Waals surface area contributed by atoms with Gasteiger partial charge in [-0.2, -0.15) is 0 Å². The van der Waals surface area contributed by atoms with Gasteiger partial charge in [-0.3, -0.25) is 10.2 Å². The van der Waals surface area contributed by atoms with Gasteiger partial charge in [-0.1, -0.05) is 59.7 Å². The van der Waals surface area contributed by atoms with Crippen molar-refractivity contribution in [2.45, 2.75) is 31.0 Å². The minimum absolute atomic E-state index is 0.0368. The zero-order valence-electron chi connectivity index (χ0n) is 26.1. The lowest BCUT2D eigenvalue weighted by Gasteiger charge is -2.31. The molecule has 12 heteroatoms. The zero-order valence-corrected chi connectivity index (χ0v) is 26.1. The predicted octanol–water partition coefficient (Wildman–Crippen LogP) is 5.73. The fourth-order valence-electron chi connectivity index (χ4n) is 5.36. The van der Waals surface area contributed by atoms with E-state index < -0.39 is 17.6 Å². The SMILES string of the molecule is COc1cccc([C@@H]2OC(c3ccc(OCCCO)cc3)=N[C@]2(Cc2ccccc2N=[N+]=[N-])C(=O)NNCc2ccccc2OC)c1. The van der Waals surface area contributed by atoms with Gasteiger partial charge in [0.2, 0.25) is 5.90 Å². The van der Waals surface area contributed by atoms with E-state index in [0.717, 1.165) is 5.56 Å². The van der Waals surface area contributed by atoms with E-state index in [9.17, 15) is 10.3 Å². The number of rotatable bonds is 15. The molecule has 0 saturated heterocycles. The van der Waals surface area contributed by atoms with Crippen molar-refractivity contribution in [2.24, 2.45) is 10.1 Å². The number of aliphatic hydroxyl groups is 1. The Bertz CT molecular complexity index is 1760. The zero-order chi connectivity index (χ0) is 33.1. The number of para-hydroxylation sites is 1. The topological polar surface area (TPSA) is 159 Å². The molecule has 0 saturated carbocycles.